The number of piperidine rings is 1. The summed E-state index contributed by atoms with van der Waals surface area (Å²) in [4.78, 5) is 35.7. The van der Waals surface area contributed by atoms with Crippen molar-refractivity contribution in [1.29, 1.82) is 0 Å². The fourth-order valence-electron chi connectivity index (χ4n) is 5.62. The molecule has 1 saturated heterocycles. The Morgan fingerprint density at radius 2 is 1.93 bits per heavy atom. The molecule has 4 fully saturated rings. The molecule has 0 aromatic carbocycles. The number of carbonyl (C=O) groups excluding carboxylic acids is 1. The molecule has 7 rings (SSSR count). The van der Waals surface area contributed by atoms with E-state index in [1.165, 1.54) is 24.8 Å². The number of hydrogen-bond donors (Lipinski definition) is 1. The fourth-order valence-corrected chi connectivity index (χ4v) is 5.79. The maximum Gasteiger partial charge on any atom is 0.224 e. The molecule has 3 aromatic rings. The molecule has 1 N–H and O–H groups in total. The van der Waals surface area contributed by atoms with Gasteiger partial charge in [0.1, 0.15) is 17.0 Å². The molecule has 4 heterocycles. The second-order valence-corrected chi connectivity index (χ2v) is 9.56. The van der Waals surface area contributed by atoms with Gasteiger partial charge in [-0.2, -0.15) is 0 Å². The highest BCUT2D eigenvalue weighted by molar-refractivity contribution is 6.28. The van der Waals surface area contributed by atoms with Crippen LogP contribution >= 0.6 is 11.6 Å². The number of anilines is 1. The summed E-state index contributed by atoms with van der Waals surface area (Å²) < 4.78 is 0. The Morgan fingerprint density at radius 3 is 2.67 bits per heavy atom. The van der Waals surface area contributed by atoms with Crippen molar-refractivity contribution in [3.05, 3.63) is 41.2 Å². The second kappa shape index (κ2) is 6.74. The molecular formula is C22H23ClN6O. The molecule has 0 atom stereocenters. The maximum atomic E-state index is 12.8. The van der Waals surface area contributed by atoms with Gasteiger partial charge in [-0.25, -0.2) is 15.0 Å². The Morgan fingerprint density at radius 1 is 1.17 bits per heavy atom. The first-order valence-electron chi connectivity index (χ1n) is 10.7. The van der Waals surface area contributed by atoms with Gasteiger partial charge in [0.2, 0.25) is 5.28 Å². The van der Waals surface area contributed by atoms with Gasteiger partial charge in [0.25, 0.3) is 0 Å². The summed E-state index contributed by atoms with van der Waals surface area (Å²) >= 11 is 6.20. The Balaban J connectivity index is 1.17. The van der Waals surface area contributed by atoms with E-state index in [0.29, 0.717) is 18.0 Å². The standard InChI is InChI=1S/C22H23ClN6O/c23-21-27-16(17(30)11-22-8-13(9-22)10-22)7-18(28-21)29-5-1-14(2-6-29)15-12-26-20-19(15)24-3-4-25-20/h3-4,7,12-14H,1-2,5-6,8-11H2,(H,25,26). The summed E-state index contributed by atoms with van der Waals surface area (Å²) in [5.74, 6) is 2.15. The van der Waals surface area contributed by atoms with Crippen molar-refractivity contribution in [2.24, 2.45) is 11.3 Å². The molecule has 0 unspecified atom stereocenters. The van der Waals surface area contributed by atoms with E-state index in [9.17, 15) is 4.79 Å². The van der Waals surface area contributed by atoms with E-state index < -0.39 is 0 Å². The topological polar surface area (TPSA) is 87.7 Å². The van der Waals surface area contributed by atoms with E-state index in [0.717, 1.165) is 48.8 Å². The minimum Gasteiger partial charge on any atom is -0.356 e. The quantitative estimate of drug-likeness (QED) is 0.490. The highest BCUT2D eigenvalue weighted by atomic mass is 35.5. The van der Waals surface area contributed by atoms with Crippen LogP contribution in [0.25, 0.3) is 11.2 Å². The van der Waals surface area contributed by atoms with Gasteiger partial charge in [0, 0.05) is 49.7 Å². The molecular weight excluding hydrogens is 400 g/mol. The lowest BCUT2D eigenvalue weighted by Crippen LogP contribution is -2.52. The highest BCUT2D eigenvalue weighted by Crippen LogP contribution is 2.66. The summed E-state index contributed by atoms with van der Waals surface area (Å²) in [5.41, 5.74) is 3.75. The minimum absolute atomic E-state index is 0.103. The Bertz CT molecular complexity index is 1120. The SMILES string of the molecule is O=C(CC12CC(C1)C2)c1cc(N2CCC(c3c[nH]c4nccnc34)CC2)nc(Cl)n1. The van der Waals surface area contributed by atoms with E-state index in [4.69, 9.17) is 11.6 Å². The van der Waals surface area contributed by atoms with Crippen molar-refractivity contribution in [2.45, 2.75) is 44.4 Å². The number of H-pyrrole nitrogens is 1. The zero-order valence-corrected chi connectivity index (χ0v) is 17.4. The lowest BCUT2D eigenvalue weighted by Gasteiger charge is -2.61. The van der Waals surface area contributed by atoms with Gasteiger partial charge in [-0.15, -0.1) is 0 Å². The Hall–Kier alpha value is -2.54. The first-order valence-corrected chi connectivity index (χ1v) is 11.1. The average Bonchev–Trinajstić information content (AvgIpc) is 3.13. The number of carbonyl (C=O) groups is 1. The number of rotatable bonds is 5. The van der Waals surface area contributed by atoms with Gasteiger partial charge >= 0.3 is 0 Å². The third kappa shape index (κ3) is 2.98. The average molecular weight is 423 g/mol. The number of aromatic nitrogens is 5. The normalized spacial score (nSPS) is 25.8. The molecule has 3 aliphatic carbocycles. The van der Waals surface area contributed by atoms with E-state index in [1.807, 2.05) is 12.3 Å². The van der Waals surface area contributed by atoms with Crippen LogP contribution in [0.1, 0.15) is 60.5 Å². The number of fused-ring (bicyclic) bond motifs is 1. The second-order valence-electron chi connectivity index (χ2n) is 9.22. The van der Waals surface area contributed by atoms with Crippen LogP contribution in [-0.2, 0) is 0 Å². The zero-order chi connectivity index (χ0) is 20.3. The molecule has 0 amide bonds. The predicted molar refractivity (Wildman–Crippen MR) is 114 cm³/mol. The molecule has 7 nitrogen and oxygen atoms in total. The van der Waals surface area contributed by atoms with Crippen LogP contribution in [0.3, 0.4) is 0 Å². The summed E-state index contributed by atoms with van der Waals surface area (Å²) in [6.07, 6.45) is 11.7. The largest absolute Gasteiger partial charge is 0.356 e. The molecule has 2 bridgehead atoms. The van der Waals surface area contributed by atoms with Gasteiger partial charge in [0.15, 0.2) is 11.4 Å². The highest BCUT2D eigenvalue weighted by Gasteiger charge is 2.57. The van der Waals surface area contributed by atoms with Gasteiger partial charge in [-0.05, 0) is 61.0 Å². The van der Waals surface area contributed by atoms with Gasteiger partial charge in [-0.1, -0.05) is 0 Å². The number of Topliss-reactive ketones (excluding diaryl/α,β-unsaturated/α-hetero) is 1. The van der Waals surface area contributed by atoms with E-state index in [-0.39, 0.29) is 16.5 Å². The summed E-state index contributed by atoms with van der Waals surface area (Å²) in [6.45, 7) is 1.70. The number of nitrogens with one attached hydrogen (secondary N) is 1. The molecule has 8 heteroatoms. The first-order chi connectivity index (χ1) is 14.6. The summed E-state index contributed by atoms with van der Waals surface area (Å²) in [5, 5.41) is 0.155. The molecule has 0 radical (unpaired) electrons. The molecule has 4 aliphatic rings. The molecule has 154 valence electrons. The number of nitrogens with zero attached hydrogens (tertiary/aromatic N) is 5. The van der Waals surface area contributed by atoms with Crippen molar-refractivity contribution in [3.63, 3.8) is 0 Å². The third-order valence-electron chi connectivity index (χ3n) is 7.27. The summed E-state index contributed by atoms with van der Waals surface area (Å²) in [7, 11) is 0. The van der Waals surface area contributed by atoms with Crippen LogP contribution in [-0.4, -0.2) is 43.8 Å². The first kappa shape index (κ1) is 18.2. The Labute approximate surface area is 179 Å². The maximum absolute atomic E-state index is 12.8. The van der Waals surface area contributed by atoms with E-state index in [1.54, 1.807) is 12.4 Å². The van der Waals surface area contributed by atoms with Crippen LogP contribution < -0.4 is 4.90 Å². The van der Waals surface area contributed by atoms with Crippen LogP contribution in [0.2, 0.25) is 5.28 Å². The van der Waals surface area contributed by atoms with Crippen molar-refractivity contribution >= 4 is 34.4 Å². The van der Waals surface area contributed by atoms with E-state index in [2.05, 4.69) is 29.8 Å². The van der Waals surface area contributed by atoms with Crippen molar-refractivity contribution in [2.75, 3.05) is 18.0 Å². The van der Waals surface area contributed by atoms with Gasteiger partial charge in [-0.3, -0.25) is 9.78 Å². The number of hydrogen-bond acceptors (Lipinski definition) is 6. The Kier molecular flexibility index (Phi) is 4.10. The van der Waals surface area contributed by atoms with Gasteiger partial charge < -0.3 is 9.88 Å². The lowest BCUT2D eigenvalue weighted by molar-refractivity contribution is -0.103. The van der Waals surface area contributed by atoms with Crippen molar-refractivity contribution in [3.8, 4) is 0 Å². The zero-order valence-electron chi connectivity index (χ0n) is 16.6. The van der Waals surface area contributed by atoms with Crippen molar-refractivity contribution < 1.29 is 4.79 Å². The van der Waals surface area contributed by atoms with Gasteiger partial charge in [0.05, 0.1) is 0 Å². The molecule has 0 spiro atoms. The van der Waals surface area contributed by atoms with Crippen LogP contribution in [0.15, 0.2) is 24.7 Å². The third-order valence-corrected chi connectivity index (χ3v) is 7.44. The number of ketones is 1. The van der Waals surface area contributed by atoms with Crippen LogP contribution in [0.4, 0.5) is 5.82 Å². The molecule has 3 saturated carbocycles. The van der Waals surface area contributed by atoms with Crippen LogP contribution in [0.5, 0.6) is 0 Å². The van der Waals surface area contributed by atoms with E-state index >= 15 is 0 Å². The monoisotopic (exact) mass is 422 g/mol. The minimum atomic E-state index is 0.103. The smallest absolute Gasteiger partial charge is 0.224 e. The fraction of sp³-hybridized carbons (Fsp3) is 0.500. The number of halogens is 1. The molecule has 3 aromatic heterocycles. The molecule has 1 aliphatic heterocycles. The van der Waals surface area contributed by atoms with Crippen LogP contribution in [0, 0.1) is 11.3 Å². The lowest BCUT2D eigenvalue weighted by atomic mass is 9.43. The summed E-state index contributed by atoms with van der Waals surface area (Å²) in [6, 6.07) is 1.83. The predicted octanol–water partition coefficient (Wildman–Crippen LogP) is 4.16. The number of aromatic amines is 1. The van der Waals surface area contributed by atoms with Crippen molar-refractivity contribution in [1.82, 2.24) is 24.9 Å². The molecule has 30 heavy (non-hydrogen) atoms.